The fourth-order valence-corrected chi connectivity index (χ4v) is 1.52. The summed E-state index contributed by atoms with van der Waals surface area (Å²) in [6, 6.07) is 0. The Morgan fingerprint density at radius 2 is 2.00 bits per heavy atom. The van der Waals surface area contributed by atoms with E-state index in [1.807, 2.05) is 0 Å². The molecule has 0 bridgehead atoms. The normalized spacial score (nSPS) is 23.4. The summed E-state index contributed by atoms with van der Waals surface area (Å²) >= 11 is 5.85. The van der Waals surface area contributed by atoms with Crippen molar-refractivity contribution in [1.82, 2.24) is 10.6 Å². The molecule has 1 aliphatic heterocycles. The van der Waals surface area contributed by atoms with Crippen LogP contribution in [-0.2, 0) is 4.74 Å². The number of nitrogens with one attached hydrogen (secondary N) is 2. The van der Waals surface area contributed by atoms with Crippen LogP contribution in [0.15, 0.2) is 23.9 Å². The summed E-state index contributed by atoms with van der Waals surface area (Å²) in [5, 5.41) is 2.66. The third kappa shape index (κ3) is 5.02. The van der Waals surface area contributed by atoms with Crippen LogP contribution >= 0.6 is 11.6 Å². The van der Waals surface area contributed by atoms with Crippen molar-refractivity contribution < 1.29 is 22.7 Å². The lowest BCUT2D eigenvalue weighted by molar-refractivity contribution is -0.0890. The molecule has 1 rings (SSSR count). The Kier molecular flexibility index (Phi) is 4.09. The maximum absolute atomic E-state index is 12.5. The van der Waals surface area contributed by atoms with Crippen molar-refractivity contribution in [2.45, 2.75) is 37.7 Å². The molecule has 4 nitrogen and oxygen atoms in total. The molecule has 0 saturated carbocycles. The molecule has 0 radical (unpaired) electrons. The minimum absolute atomic E-state index is 0.665. The van der Waals surface area contributed by atoms with E-state index in [2.05, 4.69) is 10.6 Å². The average Bonchev–Trinajstić information content (AvgIpc) is 2.11. The van der Waals surface area contributed by atoms with Gasteiger partial charge >= 0.3 is 12.3 Å². The van der Waals surface area contributed by atoms with Crippen LogP contribution in [0.25, 0.3) is 0 Å². The summed E-state index contributed by atoms with van der Waals surface area (Å²) in [5.74, 6) is 0. The van der Waals surface area contributed by atoms with Crippen molar-refractivity contribution in [2.75, 3.05) is 0 Å². The molecule has 1 heterocycles. The molecular formula is C11H14ClF3N2O2. The van der Waals surface area contributed by atoms with Crippen molar-refractivity contribution in [3.63, 3.8) is 0 Å². The number of carbonyl (C=O) groups is 1. The molecule has 0 spiro atoms. The van der Waals surface area contributed by atoms with Crippen LogP contribution in [0.5, 0.6) is 0 Å². The second kappa shape index (κ2) is 4.96. The molecule has 19 heavy (non-hydrogen) atoms. The number of carbonyl (C=O) groups excluding carboxylic acids is 1. The number of ether oxygens (including phenoxy) is 1. The first kappa shape index (κ1) is 15.7. The van der Waals surface area contributed by atoms with Gasteiger partial charge in [-0.2, -0.15) is 13.2 Å². The highest BCUT2D eigenvalue weighted by atomic mass is 35.5. The quantitative estimate of drug-likeness (QED) is 0.578. The third-order valence-electron chi connectivity index (χ3n) is 1.92. The largest absolute Gasteiger partial charge is 0.444 e. The first-order valence-electron chi connectivity index (χ1n) is 5.36. The molecule has 2 N–H and O–H groups in total. The highest BCUT2D eigenvalue weighted by Gasteiger charge is 2.39. The van der Waals surface area contributed by atoms with Crippen molar-refractivity contribution in [2.24, 2.45) is 0 Å². The van der Waals surface area contributed by atoms with E-state index >= 15 is 0 Å². The molecule has 0 aromatic heterocycles. The van der Waals surface area contributed by atoms with E-state index in [1.54, 1.807) is 20.8 Å². The Hall–Kier alpha value is -1.37. The predicted molar refractivity (Wildman–Crippen MR) is 64.4 cm³/mol. The van der Waals surface area contributed by atoms with Gasteiger partial charge in [0.1, 0.15) is 5.60 Å². The monoisotopic (exact) mass is 298 g/mol. The van der Waals surface area contributed by atoms with Crippen molar-refractivity contribution in [3.8, 4) is 0 Å². The highest BCUT2D eigenvalue weighted by molar-refractivity contribution is 6.25. The standard InChI is InChI=1S/C11H14ClF3N2O2/c1-9(2,3)19-8(18)17-10(12)6-7(4-5-16-10)11(13,14)15/h4-6,16H,1-3H3,(H,17,18). The summed E-state index contributed by atoms with van der Waals surface area (Å²) in [6.45, 7) is 4.87. The number of hydrogen-bond donors (Lipinski definition) is 2. The summed E-state index contributed by atoms with van der Waals surface area (Å²) in [7, 11) is 0. The lowest BCUT2D eigenvalue weighted by Crippen LogP contribution is -2.54. The highest BCUT2D eigenvalue weighted by Crippen LogP contribution is 2.31. The lowest BCUT2D eigenvalue weighted by atomic mass is 10.1. The van der Waals surface area contributed by atoms with E-state index in [0.29, 0.717) is 6.08 Å². The smallest absolute Gasteiger partial charge is 0.416 e. The number of alkyl halides is 4. The number of hydrogen-bond acceptors (Lipinski definition) is 3. The van der Waals surface area contributed by atoms with Gasteiger partial charge in [0.05, 0.1) is 5.57 Å². The molecule has 0 fully saturated rings. The van der Waals surface area contributed by atoms with E-state index in [-0.39, 0.29) is 0 Å². The van der Waals surface area contributed by atoms with Crippen molar-refractivity contribution in [1.29, 1.82) is 0 Å². The van der Waals surface area contributed by atoms with Gasteiger partial charge in [-0.25, -0.2) is 4.79 Å². The van der Waals surface area contributed by atoms with E-state index in [0.717, 1.165) is 12.3 Å². The second-order valence-corrected chi connectivity index (χ2v) is 5.51. The topological polar surface area (TPSA) is 50.4 Å². The molecule has 1 atom stereocenters. The summed E-state index contributed by atoms with van der Waals surface area (Å²) in [4.78, 5) is 11.5. The van der Waals surface area contributed by atoms with Crippen LogP contribution in [0.3, 0.4) is 0 Å². The van der Waals surface area contributed by atoms with Crippen molar-refractivity contribution >= 4 is 17.7 Å². The molecular weight excluding hydrogens is 285 g/mol. The number of alkyl carbamates (subject to hydrolysis) is 1. The van der Waals surface area contributed by atoms with Crippen LogP contribution in [-0.4, -0.2) is 23.0 Å². The first-order valence-corrected chi connectivity index (χ1v) is 5.73. The van der Waals surface area contributed by atoms with Gasteiger partial charge in [0.25, 0.3) is 0 Å². The second-order valence-electron chi connectivity index (χ2n) is 4.91. The van der Waals surface area contributed by atoms with Crippen LogP contribution in [0.1, 0.15) is 20.8 Å². The zero-order valence-electron chi connectivity index (χ0n) is 10.6. The van der Waals surface area contributed by atoms with E-state index < -0.39 is 28.6 Å². The van der Waals surface area contributed by atoms with E-state index in [4.69, 9.17) is 16.3 Å². The van der Waals surface area contributed by atoms with Gasteiger partial charge < -0.3 is 10.1 Å². The molecule has 1 amide bonds. The predicted octanol–water partition coefficient (Wildman–Crippen LogP) is 3.01. The SMILES string of the molecule is CC(C)(C)OC(=O)NC1(Cl)C=C(C(F)(F)F)C=CN1. The molecule has 0 aromatic rings. The van der Waals surface area contributed by atoms with Gasteiger partial charge in [0, 0.05) is 6.20 Å². The summed E-state index contributed by atoms with van der Waals surface area (Å²) in [6.07, 6.45) is -2.99. The Morgan fingerprint density at radius 3 is 2.47 bits per heavy atom. The van der Waals surface area contributed by atoms with Gasteiger partial charge in [0.15, 0.2) is 0 Å². The zero-order valence-corrected chi connectivity index (χ0v) is 11.3. The molecule has 8 heteroatoms. The fraction of sp³-hybridized carbons (Fsp3) is 0.545. The van der Waals surface area contributed by atoms with Crippen LogP contribution < -0.4 is 10.6 Å². The Labute approximate surface area is 113 Å². The maximum atomic E-state index is 12.5. The fourth-order valence-electron chi connectivity index (χ4n) is 1.26. The summed E-state index contributed by atoms with van der Waals surface area (Å²) < 4.78 is 42.5. The molecule has 0 saturated heterocycles. The van der Waals surface area contributed by atoms with Gasteiger partial charge in [0.2, 0.25) is 5.12 Å². The minimum Gasteiger partial charge on any atom is -0.444 e. The Bertz CT molecular complexity index is 427. The van der Waals surface area contributed by atoms with Crippen LogP contribution in [0, 0.1) is 0 Å². The maximum Gasteiger partial charge on any atom is 0.416 e. The number of halogens is 4. The van der Waals surface area contributed by atoms with Gasteiger partial charge in [-0.1, -0.05) is 11.6 Å². The Morgan fingerprint density at radius 1 is 1.42 bits per heavy atom. The first-order chi connectivity index (χ1) is 8.41. The van der Waals surface area contributed by atoms with Crippen LogP contribution in [0.4, 0.5) is 18.0 Å². The molecule has 1 unspecified atom stereocenters. The molecule has 0 aliphatic carbocycles. The van der Waals surface area contributed by atoms with Crippen molar-refractivity contribution in [3.05, 3.63) is 23.9 Å². The van der Waals surface area contributed by atoms with Crippen LogP contribution in [0.2, 0.25) is 0 Å². The molecule has 108 valence electrons. The number of rotatable bonds is 1. The van der Waals surface area contributed by atoms with E-state index in [9.17, 15) is 18.0 Å². The Balaban J connectivity index is 2.80. The number of dihydropyridines is 1. The summed E-state index contributed by atoms with van der Waals surface area (Å²) in [5.41, 5.74) is -1.74. The van der Waals surface area contributed by atoms with E-state index in [1.165, 1.54) is 0 Å². The molecule has 1 aliphatic rings. The van der Waals surface area contributed by atoms with Gasteiger partial charge in [-0.3, -0.25) is 5.32 Å². The van der Waals surface area contributed by atoms with Gasteiger partial charge in [-0.05, 0) is 32.9 Å². The lowest BCUT2D eigenvalue weighted by Gasteiger charge is -2.30. The minimum atomic E-state index is -4.55. The number of allylic oxidation sites excluding steroid dienone is 2. The third-order valence-corrected chi connectivity index (χ3v) is 2.23. The zero-order chi connectivity index (χ0) is 14.9. The average molecular weight is 299 g/mol. The van der Waals surface area contributed by atoms with Gasteiger partial charge in [-0.15, -0.1) is 0 Å². The molecule has 0 aromatic carbocycles. The number of amides is 1.